The SMILES string of the molecule is CCCCCCCCCCC(=S)CCCCC(=O)Oc1ccc2c(C)cc(=O)oc2c1.OC[C@H]1O[C@@H](O)[C@H](O)[C@@H](O)[C@@H]1O. The van der Waals surface area contributed by atoms with Crippen LogP contribution >= 0.6 is 12.2 Å². The summed E-state index contributed by atoms with van der Waals surface area (Å²) in [5.41, 5.74) is 0.866. The number of aliphatic hydroxyl groups excluding tert-OH is 5. The van der Waals surface area contributed by atoms with E-state index in [-0.39, 0.29) is 5.97 Å². The number of benzene rings is 1. The topological polar surface area (TPSA) is 167 Å². The maximum Gasteiger partial charge on any atom is 0.336 e. The predicted molar refractivity (Wildman–Crippen MR) is 167 cm³/mol. The lowest BCUT2D eigenvalue weighted by atomic mass is 10.00. The van der Waals surface area contributed by atoms with Crippen LogP contribution in [0.4, 0.5) is 0 Å². The molecule has 5 atom stereocenters. The molecule has 2 aromatic rings. The van der Waals surface area contributed by atoms with Crippen molar-refractivity contribution in [1.29, 1.82) is 0 Å². The van der Waals surface area contributed by atoms with E-state index in [1.807, 2.05) is 6.92 Å². The molecule has 0 unspecified atom stereocenters. The number of unbranched alkanes of at least 4 members (excludes halogenated alkanes) is 8. The molecule has 1 aromatic carbocycles. The number of carbonyl (C=O) groups excluding carboxylic acids is 1. The van der Waals surface area contributed by atoms with Crippen molar-refractivity contribution in [2.24, 2.45) is 0 Å². The normalized spacial score (nSPS) is 21.7. The monoisotopic (exact) mass is 624 g/mol. The third kappa shape index (κ3) is 13.1. The fourth-order valence-corrected chi connectivity index (χ4v) is 5.09. The molecular formula is C32H48O10S. The first kappa shape index (κ1) is 36.9. The summed E-state index contributed by atoms with van der Waals surface area (Å²) >= 11 is 5.49. The van der Waals surface area contributed by atoms with Gasteiger partial charge in [0.05, 0.1) is 6.61 Å². The van der Waals surface area contributed by atoms with Crippen LogP contribution < -0.4 is 10.4 Å². The van der Waals surface area contributed by atoms with Crippen molar-refractivity contribution in [2.45, 2.75) is 128 Å². The van der Waals surface area contributed by atoms with E-state index in [0.717, 1.165) is 41.5 Å². The van der Waals surface area contributed by atoms with Crippen molar-refractivity contribution in [3.63, 3.8) is 0 Å². The number of aliphatic hydroxyl groups is 5. The van der Waals surface area contributed by atoms with E-state index in [4.69, 9.17) is 46.9 Å². The molecule has 43 heavy (non-hydrogen) atoms. The maximum absolute atomic E-state index is 12.1. The molecule has 5 N–H and O–H groups in total. The molecule has 0 bridgehead atoms. The summed E-state index contributed by atoms with van der Waals surface area (Å²) in [7, 11) is 0. The smallest absolute Gasteiger partial charge is 0.336 e. The highest BCUT2D eigenvalue weighted by Gasteiger charge is 2.42. The first-order valence-corrected chi connectivity index (χ1v) is 15.7. The Morgan fingerprint density at radius 2 is 1.47 bits per heavy atom. The minimum atomic E-state index is -1.57. The van der Waals surface area contributed by atoms with Crippen LogP contribution in [0.15, 0.2) is 33.5 Å². The number of esters is 1. The van der Waals surface area contributed by atoms with Crippen LogP contribution in [0.1, 0.15) is 96.0 Å². The van der Waals surface area contributed by atoms with Gasteiger partial charge in [-0.05, 0) is 61.6 Å². The van der Waals surface area contributed by atoms with Gasteiger partial charge in [-0.3, -0.25) is 4.79 Å². The van der Waals surface area contributed by atoms with Gasteiger partial charge in [0.2, 0.25) is 0 Å². The summed E-state index contributed by atoms with van der Waals surface area (Å²) in [5, 5.41) is 45.5. The van der Waals surface area contributed by atoms with Crippen LogP contribution in [-0.4, -0.2) is 73.7 Å². The molecule has 0 amide bonds. The fraction of sp³-hybridized carbons (Fsp3) is 0.656. The van der Waals surface area contributed by atoms with Crippen molar-refractivity contribution >= 4 is 34.0 Å². The number of hydrogen-bond donors (Lipinski definition) is 5. The molecule has 2 heterocycles. The first-order valence-electron chi connectivity index (χ1n) is 15.3. The second kappa shape index (κ2) is 19.9. The minimum Gasteiger partial charge on any atom is -0.426 e. The molecule has 1 saturated heterocycles. The number of rotatable bonds is 16. The lowest BCUT2D eigenvalue weighted by Crippen LogP contribution is -2.58. The number of fused-ring (bicyclic) bond motifs is 1. The predicted octanol–water partition coefficient (Wildman–Crippen LogP) is 4.25. The highest BCUT2D eigenvalue weighted by Crippen LogP contribution is 2.23. The standard InChI is InChI=1S/C26H36O4S.C6H12O6/c1-3-4-5-6-7-8-9-10-13-22(31)14-11-12-15-25(27)29-21-16-17-23-20(2)18-26(28)30-24(23)19-21;7-1-2-3(8)4(9)5(10)6(11)12-2/h16-19H,3-15H2,1-2H3;2-11H,1H2/t;2-,3-,4+,5-,6-/m.1/s1. The Kier molecular flexibility index (Phi) is 17.1. The third-order valence-corrected chi connectivity index (χ3v) is 7.83. The molecule has 0 saturated carbocycles. The number of ether oxygens (including phenoxy) is 2. The van der Waals surface area contributed by atoms with Gasteiger partial charge in [0.1, 0.15) is 35.7 Å². The number of aryl methyl sites for hydroxylation is 1. The minimum absolute atomic E-state index is 0.275. The highest BCUT2D eigenvalue weighted by molar-refractivity contribution is 7.80. The summed E-state index contributed by atoms with van der Waals surface area (Å²) in [6.07, 6.45) is 7.42. The Hall–Kier alpha value is -2.25. The quantitative estimate of drug-likeness (QED) is 0.0596. The van der Waals surface area contributed by atoms with Crippen LogP contribution in [0.3, 0.4) is 0 Å². The van der Waals surface area contributed by atoms with Gasteiger partial charge in [-0.15, -0.1) is 0 Å². The Labute approximate surface area is 258 Å². The Bertz CT molecular complexity index is 1180. The molecule has 0 radical (unpaired) electrons. The summed E-state index contributed by atoms with van der Waals surface area (Å²) in [6.45, 7) is 3.57. The van der Waals surface area contributed by atoms with Gasteiger partial charge >= 0.3 is 11.6 Å². The fourth-order valence-electron chi connectivity index (χ4n) is 4.81. The Morgan fingerprint density at radius 1 is 0.860 bits per heavy atom. The first-order chi connectivity index (χ1) is 20.6. The molecule has 11 heteroatoms. The molecule has 3 rings (SSSR count). The molecule has 242 valence electrons. The largest absolute Gasteiger partial charge is 0.426 e. The third-order valence-electron chi connectivity index (χ3n) is 7.42. The van der Waals surface area contributed by atoms with Crippen molar-refractivity contribution in [2.75, 3.05) is 6.61 Å². The summed E-state index contributed by atoms with van der Waals surface area (Å²) < 4.78 is 15.2. The van der Waals surface area contributed by atoms with Crippen LogP contribution in [0.5, 0.6) is 5.75 Å². The van der Waals surface area contributed by atoms with E-state index in [0.29, 0.717) is 17.8 Å². The Balaban J connectivity index is 0.000000448. The van der Waals surface area contributed by atoms with E-state index in [1.165, 1.54) is 57.4 Å². The Morgan fingerprint density at radius 3 is 2.12 bits per heavy atom. The van der Waals surface area contributed by atoms with Gasteiger partial charge in [-0.2, -0.15) is 0 Å². The van der Waals surface area contributed by atoms with E-state index >= 15 is 0 Å². The molecule has 10 nitrogen and oxygen atoms in total. The van der Waals surface area contributed by atoms with Crippen molar-refractivity contribution in [1.82, 2.24) is 0 Å². The van der Waals surface area contributed by atoms with Gasteiger partial charge in [0.25, 0.3) is 0 Å². The number of hydrogen-bond acceptors (Lipinski definition) is 11. The summed E-state index contributed by atoms with van der Waals surface area (Å²) in [4.78, 5) is 24.8. The average Bonchev–Trinajstić information content (AvgIpc) is 2.97. The van der Waals surface area contributed by atoms with E-state index in [9.17, 15) is 9.59 Å². The second-order valence-electron chi connectivity index (χ2n) is 11.1. The van der Waals surface area contributed by atoms with Gasteiger partial charge in [0, 0.05) is 23.9 Å². The molecule has 0 spiro atoms. The molecule has 0 aliphatic carbocycles. The molecular weight excluding hydrogens is 576 g/mol. The summed E-state index contributed by atoms with van der Waals surface area (Å²) in [5.74, 6) is 0.125. The van der Waals surface area contributed by atoms with Crippen LogP contribution in [0, 0.1) is 6.92 Å². The zero-order valence-electron chi connectivity index (χ0n) is 25.3. The van der Waals surface area contributed by atoms with E-state index < -0.39 is 42.9 Å². The van der Waals surface area contributed by atoms with Crippen LogP contribution in [0.25, 0.3) is 11.0 Å². The van der Waals surface area contributed by atoms with E-state index in [1.54, 1.807) is 18.2 Å². The zero-order chi connectivity index (χ0) is 31.8. The zero-order valence-corrected chi connectivity index (χ0v) is 26.1. The van der Waals surface area contributed by atoms with Gasteiger partial charge in [0.15, 0.2) is 6.29 Å². The second-order valence-corrected chi connectivity index (χ2v) is 11.6. The van der Waals surface area contributed by atoms with Crippen molar-refractivity contribution in [3.8, 4) is 5.75 Å². The summed E-state index contributed by atoms with van der Waals surface area (Å²) in [6, 6.07) is 6.58. The van der Waals surface area contributed by atoms with Gasteiger partial charge < -0.3 is 39.4 Å². The average molecular weight is 625 g/mol. The van der Waals surface area contributed by atoms with Crippen molar-refractivity contribution < 1.29 is 44.2 Å². The lowest BCUT2D eigenvalue weighted by Gasteiger charge is -2.37. The maximum atomic E-state index is 12.1. The van der Waals surface area contributed by atoms with Crippen LogP contribution in [-0.2, 0) is 9.53 Å². The highest BCUT2D eigenvalue weighted by atomic mass is 32.1. The molecule has 1 fully saturated rings. The van der Waals surface area contributed by atoms with Gasteiger partial charge in [-0.25, -0.2) is 4.79 Å². The molecule has 1 aliphatic heterocycles. The van der Waals surface area contributed by atoms with Gasteiger partial charge in [-0.1, -0.05) is 64.1 Å². The number of carbonyl (C=O) groups is 1. The molecule has 1 aromatic heterocycles. The van der Waals surface area contributed by atoms with Crippen molar-refractivity contribution in [3.05, 3.63) is 40.2 Å². The lowest BCUT2D eigenvalue weighted by molar-refractivity contribution is -0.286. The molecule has 1 aliphatic rings. The van der Waals surface area contributed by atoms with Crippen LogP contribution in [0.2, 0.25) is 0 Å². The van der Waals surface area contributed by atoms with E-state index in [2.05, 4.69) is 11.7 Å². The number of thiocarbonyl (C=S) groups is 1.